The van der Waals surface area contributed by atoms with Gasteiger partial charge in [-0.15, -0.1) is 0 Å². The SMILES string of the molecule is COC(=O)c1cc(NC(=O)c2cccc(Cn3nc(C)c(Cl)c3C)c2)cc(C(=O)OC)c1. The van der Waals surface area contributed by atoms with Crippen LogP contribution in [0.15, 0.2) is 42.5 Å². The van der Waals surface area contributed by atoms with E-state index in [1.807, 2.05) is 19.9 Å². The van der Waals surface area contributed by atoms with Crippen LogP contribution < -0.4 is 5.32 Å². The number of hydrogen-bond acceptors (Lipinski definition) is 6. The summed E-state index contributed by atoms with van der Waals surface area (Å²) < 4.78 is 11.2. The van der Waals surface area contributed by atoms with E-state index >= 15 is 0 Å². The van der Waals surface area contributed by atoms with Crippen LogP contribution in [-0.2, 0) is 16.0 Å². The lowest BCUT2D eigenvalue weighted by atomic mass is 10.1. The van der Waals surface area contributed by atoms with Crippen LogP contribution in [0.1, 0.15) is 48.0 Å². The number of anilines is 1. The van der Waals surface area contributed by atoms with E-state index in [0.29, 0.717) is 17.1 Å². The molecule has 1 aromatic heterocycles. The molecule has 8 nitrogen and oxygen atoms in total. The van der Waals surface area contributed by atoms with Gasteiger partial charge < -0.3 is 14.8 Å². The van der Waals surface area contributed by atoms with E-state index in [9.17, 15) is 14.4 Å². The average Bonchev–Trinajstić information content (AvgIpc) is 3.04. The molecule has 0 unspecified atom stereocenters. The molecule has 0 radical (unpaired) electrons. The molecule has 0 spiro atoms. The highest BCUT2D eigenvalue weighted by molar-refractivity contribution is 6.31. The van der Waals surface area contributed by atoms with Crippen molar-refractivity contribution >= 4 is 35.1 Å². The van der Waals surface area contributed by atoms with Crippen LogP contribution in [0.4, 0.5) is 5.69 Å². The number of rotatable bonds is 6. The smallest absolute Gasteiger partial charge is 0.337 e. The van der Waals surface area contributed by atoms with E-state index in [4.69, 9.17) is 21.1 Å². The zero-order valence-electron chi connectivity index (χ0n) is 18.1. The van der Waals surface area contributed by atoms with Crippen molar-refractivity contribution in [1.29, 1.82) is 0 Å². The third-order valence-corrected chi connectivity index (χ3v) is 5.39. The first-order valence-electron chi connectivity index (χ1n) is 9.65. The minimum Gasteiger partial charge on any atom is -0.465 e. The van der Waals surface area contributed by atoms with Crippen molar-refractivity contribution < 1.29 is 23.9 Å². The van der Waals surface area contributed by atoms with E-state index in [2.05, 4.69) is 10.4 Å². The Morgan fingerprint density at radius 2 is 1.59 bits per heavy atom. The van der Waals surface area contributed by atoms with Gasteiger partial charge in [-0.2, -0.15) is 5.10 Å². The molecule has 0 aliphatic carbocycles. The fourth-order valence-electron chi connectivity index (χ4n) is 3.19. The molecule has 1 N–H and O–H groups in total. The number of halogens is 1. The number of carbonyl (C=O) groups excluding carboxylic acids is 3. The minimum atomic E-state index is -0.642. The van der Waals surface area contributed by atoms with Gasteiger partial charge in [0.15, 0.2) is 0 Å². The molecule has 1 amide bonds. The van der Waals surface area contributed by atoms with Crippen LogP contribution in [0.3, 0.4) is 0 Å². The summed E-state index contributed by atoms with van der Waals surface area (Å²) in [6.45, 7) is 4.16. The number of nitrogens with one attached hydrogen (secondary N) is 1. The summed E-state index contributed by atoms with van der Waals surface area (Å²) in [6.07, 6.45) is 0. The molecule has 9 heteroatoms. The molecule has 0 aliphatic heterocycles. The molecular weight excluding hydrogens is 434 g/mol. The minimum absolute atomic E-state index is 0.112. The highest BCUT2D eigenvalue weighted by Gasteiger charge is 2.16. The van der Waals surface area contributed by atoms with Crippen molar-refractivity contribution in [3.05, 3.63) is 81.1 Å². The molecule has 2 aromatic carbocycles. The van der Waals surface area contributed by atoms with E-state index in [1.54, 1.807) is 22.9 Å². The second kappa shape index (κ2) is 9.65. The van der Waals surface area contributed by atoms with Crippen molar-refractivity contribution in [2.24, 2.45) is 0 Å². The van der Waals surface area contributed by atoms with Gasteiger partial charge in [-0.3, -0.25) is 9.48 Å². The Morgan fingerprint density at radius 3 is 2.12 bits per heavy atom. The third kappa shape index (κ3) is 4.97. The molecule has 0 aliphatic rings. The Hall–Kier alpha value is -3.65. The lowest BCUT2D eigenvalue weighted by Crippen LogP contribution is -2.15. The largest absolute Gasteiger partial charge is 0.465 e. The molecule has 3 aromatic rings. The number of benzene rings is 2. The van der Waals surface area contributed by atoms with Gasteiger partial charge in [-0.05, 0) is 49.7 Å². The Morgan fingerprint density at radius 1 is 0.969 bits per heavy atom. The number of methoxy groups -OCH3 is 2. The molecule has 1 heterocycles. The summed E-state index contributed by atoms with van der Waals surface area (Å²) in [5, 5.41) is 7.74. The van der Waals surface area contributed by atoms with Crippen LogP contribution in [0, 0.1) is 13.8 Å². The van der Waals surface area contributed by atoms with Gasteiger partial charge in [0.1, 0.15) is 0 Å². The number of amides is 1. The van der Waals surface area contributed by atoms with E-state index in [-0.39, 0.29) is 16.8 Å². The van der Waals surface area contributed by atoms with Crippen LogP contribution in [-0.4, -0.2) is 41.8 Å². The highest BCUT2D eigenvalue weighted by Crippen LogP contribution is 2.21. The second-order valence-corrected chi connectivity index (χ2v) is 7.46. The van der Waals surface area contributed by atoms with Crippen molar-refractivity contribution in [3.8, 4) is 0 Å². The topological polar surface area (TPSA) is 99.5 Å². The molecule has 0 bridgehead atoms. The number of hydrogen-bond donors (Lipinski definition) is 1. The molecule has 0 atom stereocenters. The fourth-order valence-corrected chi connectivity index (χ4v) is 3.32. The molecule has 0 saturated carbocycles. The first-order valence-corrected chi connectivity index (χ1v) is 10.0. The van der Waals surface area contributed by atoms with E-state index < -0.39 is 17.8 Å². The summed E-state index contributed by atoms with van der Waals surface area (Å²) >= 11 is 6.21. The van der Waals surface area contributed by atoms with Crippen LogP contribution in [0.25, 0.3) is 0 Å². The van der Waals surface area contributed by atoms with Gasteiger partial charge >= 0.3 is 11.9 Å². The number of carbonyl (C=O) groups is 3. The summed E-state index contributed by atoms with van der Waals surface area (Å²) in [5.41, 5.74) is 3.33. The third-order valence-electron chi connectivity index (χ3n) is 4.85. The summed E-state index contributed by atoms with van der Waals surface area (Å²) in [5.74, 6) is -1.69. The number of esters is 2. The second-order valence-electron chi connectivity index (χ2n) is 7.08. The normalized spacial score (nSPS) is 10.5. The molecule has 0 saturated heterocycles. The van der Waals surface area contributed by atoms with Crippen molar-refractivity contribution in [3.63, 3.8) is 0 Å². The van der Waals surface area contributed by atoms with Gasteiger partial charge in [0.05, 0.1) is 48.3 Å². The summed E-state index contributed by atoms with van der Waals surface area (Å²) in [6, 6.07) is 11.3. The van der Waals surface area contributed by atoms with Gasteiger partial charge in [0, 0.05) is 11.3 Å². The van der Waals surface area contributed by atoms with Gasteiger partial charge in [0.2, 0.25) is 0 Å². The van der Waals surface area contributed by atoms with E-state index in [1.165, 1.54) is 32.4 Å². The number of aryl methyl sites for hydroxylation is 1. The molecule has 32 heavy (non-hydrogen) atoms. The summed E-state index contributed by atoms with van der Waals surface area (Å²) in [4.78, 5) is 36.8. The van der Waals surface area contributed by atoms with Gasteiger partial charge in [-0.1, -0.05) is 23.7 Å². The summed E-state index contributed by atoms with van der Waals surface area (Å²) in [7, 11) is 2.46. The van der Waals surface area contributed by atoms with Crippen molar-refractivity contribution in [1.82, 2.24) is 9.78 Å². The molecule has 0 fully saturated rings. The lowest BCUT2D eigenvalue weighted by molar-refractivity contribution is 0.0599. The number of ether oxygens (including phenoxy) is 2. The lowest BCUT2D eigenvalue weighted by Gasteiger charge is -2.11. The highest BCUT2D eigenvalue weighted by atomic mass is 35.5. The quantitative estimate of drug-likeness (QED) is 0.563. The van der Waals surface area contributed by atoms with Crippen LogP contribution in [0.2, 0.25) is 5.02 Å². The van der Waals surface area contributed by atoms with E-state index in [0.717, 1.165) is 17.0 Å². The van der Waals surface area contributed by atoms with Crippen LogP contribution >= 0.6 is 11.6 Å². The Labute approximate surface area is 190 Å². The molecule has 3 rings (SSSR count). The maximum atomic E-state index is 12.9. The first-order chi connectivity index (χ1) is 15.2. The molecular formula is C23H22ClN3O5. The Balaban J connectivity index is 1.85. The Bertz CT molecular complexity index is 1170. The maximum absolute atomic E-state index is 12.9. The van der Waals surface area contributed by atoms with Crippen molar-refractivity contribution in [2.75, 3.05) is 19.5 Å². The van der Waals surface area contributed by atoms with Gasteiger partial charge in [-0.25, -0.2) is 9.59 Å². The number of aromatic nitrogens is 2. The zero-order valence-corrected chi connectivity index (χ0v) is 18.8. The predicted octanol–water partition coefficient (Wildman–Crippen LogP) is 4.03. The Kier molecular flexibility index (Phi) is 6.95. The van der Waals surface area contributed by atoms with Crippen LogP contribution in [0.5, 0.6) is 0 Å². The standard InChI is InChI=1S/C23H22ClN3O5/c1-13-20(24)14(2)27(26-13)12-15-6-5-7-16(8-15)21(28)25-19-10-17(22(29)31-3)9-18(11-19)23(30)32-4/h5-11H,12H2,1-4H3,(H,25,28). The zero-order chi connectivity index (χ0) is 23.4. The fraction of sp³-hybridized carbons (Fsp3) is 0.217. The maximum Gasteiger partial charge on any atom is 0.337 e. The monoisotopic (exact) mass is 455 g/mol. The first kappa shape index (κ1) is 23.0. The predicted molar refractivity (Wildman–Crippen MR) is 119 cm³/mol. The van der Waals surface area contributed by atoms with Gasteiger partial charge in [0.25, 0.3) is 5.91 Å². The van der Waals surface area contributed by atoms with Crippen molar-refractivity contribution in [2.45, 2.75) is 20.4 Å². The molecule has 166 valence electrons. The number of nitrogens with zero attached hydrogens (tertiary/aromatic N) is 2. The average molecular weight is 456 g/mol.